The molecular weight excluding hydrogens is 422 g/mol. The molecule has 10 heteroatoms. The largest absolute Gasteiger partial charge is 0.495 e. The number of para-hydroxylation sites is 2. The van der Waals surface area contributed by atoms with Crippen molar-refractivity contribution in [3.63, 3.8) is 0 Å². The second-order valence-electron chi connectivity index (χ2n) is 6.46. The molecule has 2 aromatic carbocycles. The number of anilines is 2. The third-order valence-electron chi connectivity index (χ3n) is 4.36. The number of halogens is 1. The zero-order valence-electron chi connectivity index (χ0n) is 17.3. The van der Waals surface area contributed by atoms with Crippen LogP contribution in [0.15, 0.2) is 42.5 Å². The number of ether oxygens (including phenoxy) is 2. The van der Waals surface area contributed by atoms with Crippen LogP contribution in [-0.2, 0) is 11.3 Å². The average Bonchev–Trinajstić information content (AvgIpc) is 3.10. The van der Waals surface area contributed by atoms with E-state index in [-0.39, 0.29) is 18.1 Å². The number of hydrogen-bond acceptors (Lipinski definition) is 6. The summed E-state index contributed by atoms with van der Waals surface area (Å²) in [5.41, 5.74) is 1.51. The normalized spacial score (nSPS) is 10.5. The van der Waals surface area contributed by atoms with E-state index in [1.807, 2.05) is 13.0 Å². The van der Waals surface area contributed by atoms with E-state index in [1.165, 1.54) is 11.8 Å². The summed E-state index contributed by atoms with van der Waals surface area (Å²) in [6.45, 7) is 3.85. The Hall–Kier alpha value is -3.59. The van der Waals surface area contributed by atoms with Gasteiger partial charge in [0.1, 0.15) is 18.0 Å². The first-order chi connectivity index (χ1) is 14.9. The van der Waals surface area contributed by atoms with Crippen LogP contribution < -0.4 is 20.1 Å². The fraction of sp³-hybridized carbons (Fsp3) is 0.238. The Morgan fingerprint density at radius 1 is 1.10 bits per heavy atom. The topological polar surface area (TPSA) is 107 Å². The summed E-state index contributed by atoms with van der Waals surface area (Å²) in [6, 6.07) is 12.0. The summed E-state index contributed by atoms with van der Waals surface area (Å²) in [4.78, 5) is 25.2. The first-order valence-electron chi connectivity index (χ1n) is 9.49. The fourth-order valence-electron chi connectivity index (χ4n) is 2.86. The minimum atomic E-state index is -0.451. The van der Waals surface area contributed by atoms with Crippen molar-refractivity contribution in [2.45, 2.75) is 20.4 Å². The van der Waals surface area contributed by atoms with E-state index in [1.54, 1.807) is 43.3 Å². The summed E-state index contributed by atoms with van der Waals surface area (Å²) in [5, 5.41) is 13.8. The molecule has 0 unspecified atom stereocenters. The lowest BCUT2D eigenvalue weighted by molar-refractivity contribution is -0.117. The van der Waals surface area contributed by atoms with Crippen LogP contribution in [0.25, 0.3) is 0 Å². The van der Waals surface area contributed by atoms with Gasteiger partial charge in [-0.3, -0.25) is 9.59 Å². The molecule has 2 N–H and O–H groups in total. The number of aromatic nitrogens is 3. The number of methoxy groups -OCH3 is 1. The van der Waals surface area contributed by atoms with E-state index < -0.39 is 5.91 Å². The third kappa shape index (κ3) is 5.32. The van der Waals surface area contributed by atoms with Gasteiger partial charge < -0.3 is 20.1 Å². The summed E-state index contributed by atoms with van der Waals surface area (Å²) >= 11 is 5.99. The number of benzene rings is 2. The maximum absolute atomic E-state index is 12.7. The summed E-state index contributed by atoms with van der Waals surface area (Å²) in [7, 11) is 1.50. The molecule has 2 amide bonds. The van der Waals surface area contributed by atoms with Crippen molar-refractivity contribution in [1.29, 1.82) is 0 Å². The van der Waals surface area contributed by atoms with E-state index in [9.17, 15) is 9.59 Å². The van der Waals surface area contributed by atoms with Gasteiger partial charge >= 0.3 is 0 Å². The van der Waals surface area contributed by atoms with Gasteiger partial charge in [0.25, 0.3) is 5.91 Å². The molecule has 0 aliphatic heterocycles. The van der Waals surface area contributed by atoms with Crippen LogP contribution in [0.2, 0.25) is 5.02 Å². The lowest BCUT2D eigenvalue weighted by Crippen LogP contribution is -2.21. The Kier molecular flexibility index (Phi) is 7.09. The molecule has 9 nitrogen and oxygen atoms in total. The van der Waals surface area contributed by atoms with Crippen molar-refractivity contribution in [3.05, 3.63) is 58.9 Å². The van der Waals surface area contributed by atoms with Crippen molar-refractivity contribution in [2.24, 2.45) is 0 Å². The predicted octanol–water partition coefficient (Wildman–Crippen LogP) is 3.54. The first-order valence-corrected chi connectivity index (χ1v) is 9.87. The fourth-order valence-corrected chi connectivity index (χ4v) is 3.03. The highest BCUT2D eigenvalue weighted by molar-refractivity contribution is 6.31. The van der Waals surface area contributed by atoms with Gasteiger partial charge in [-0.15, -0.1) is 5.10 Å². The van der Waals surface area contributed by atoms with E-state index >= 15 is 0 Å². The smallest absolute Gasteiger partial charge is 0.278 e. The van der Waals surface area contributed by atoms with Gasteiger partial charge in [0.15, 0.2) is 5.69 Å². The maximum atomic E-state index is 12.7. The SMILES string of the molecule is CCOc1ccccc1NC(=O)c1nnn(CC(=O)Nc2cc(Cl)ccc2OC)c1C. The van der Waals surface area contributed by atoms with Gasteiger partial charge in [0.05, 0.1) is 30.8 Å². The van der Waals surface area contributed by atoms with Crippen molar-refractivity contribution in [1.82, 2.24) is 15.0 Å². The van der Waals surface area contributed by atoms with Gasteiger partial charge in [-0.1, -0.05) is 28.9 Å². The molecule has 0 saturated carbocycles. The minimum Gasteiger partial charge on any atom is -0.495 e. The molecular formula is C21H22ClN5O4. The molecule has 3 rings (SSSR count). The Morgan fingerprint density at radius 2 is 1.87 bits per heavy atom. The lowest BCUT2D eigenvalue weighted by atomic mass is 10.2. The first kappa shape index (κ1) is 22.1. The van der Waals surface area contributed by atoms with Crippen LogP contribution in [-0.4, -0.2) is 40.5 Å². The monoisotopic (exact) mass is 443 g/mol. The maximum Gasteiger partial charge on any atom is 0.278 e. The number of amides is 2. The second kappa shape index (κ2) is 9.94. The highest BCUT2D eigenvalue weighted by Crippen LogP contribution is 2.28. The number of carbonyl (C=O) groups is 2. The van der Waals surface area contributed by atoms with Crippen molar-refractivity contribution in [3.8, 4) is 11.5 Å². The number of carbonyl (C=O) groups excluding carboxylic acids is 2. The molecule has 0 spiro atoms. The molecule has 31 heavy (non-hydrogen) atoms. The van der Waals surface area contributed by atoms with Crippen LogP contribution >= 0.6 is 11.6 Å². The molecule has 0 radical (unpaired) electrons. The van der Waals surface area contributed by atoms with Crippen LogP contribution in [0.1, 0.15) is 23.1 Å². The van der Waals surface area contributed by atoms with Crippen molar-refractivity contribution in [2.75, 3.05) is 24.4 Å². The molecule has 0 aliphatic carbocycles. The molecule has 0 saturated heterocycles. The van der Waals surface area contributed by atoms with E-state index in [2.05, 4.69) is 20.9 Å². The highest BCUT2D eigenvalue weighted by atomic mass is 35.5. The predicted molar refractivity (Wildman–Crippen MR) is 117 cm³/mol. The Morgan fingerprint density at radius 3 is 2.61 bits per heavy atom. The van der Waals surface area contributed by atoms with Gasteiger partial charge in [-0.2, -0.15) is 0 Å². The van der Waals surface area contributed by atoms with Crippen LogP contribution in [0.3, 0.4) is 0 Å². The Labute approximate surface area is 184 Å². The Balaban J connectivity index is 1.71. The lowest BCUT2D eigenvalue weighted by Gasteiger charge is -2.11. The van der Waals surface area contributed by atoms with Crippen LogP contribution in [0.4, 0.5) is 11.4 Å². The highest BCUT2D eigenvalue weighted by Gasteiger charge is 2.19. The Bertz CT molecular complexity index is 1100. The molecule has 162 valence electrons. The van der Waals surface area contributed by atoms with E-state index in [4.69, 9.17) is 21.1 Å². The number of hydrogen-bond donors (Lipinski definition) is 2. The van der Waals surface area contributed by atoms with E-state index in [0.717, 1.165) is 0 Å². The molecule has 0 fully saturated rings. The summed E-state index contributed by atoms with van der Waals surface area (Å²) in [5.74, 6) is 0.203. The average molecular weight is 444 g/mol. The summed E-state index contributed by atoms with van der Waals surface area (Å²) in [6.07, 6.45) is 0. The molecule has 3 aromatic rings. The molecule has 0 atom stereocenters. The zero-order valence-corrected chi connectivity index (χ0v) is 18.1. The second-order valence-corrected chi connectivity index (χ2v) is 6.89. The minimum absolute atomic E-state index is 0.111. The van der Waals surface area contributed by atoms with Crippen LogP contribution in [0.5, 0.6) is 11.5 Å². The van der Waals surface area contributed by atoms with Gasteiger partial charge in [-0.05, 0) is 44.2 Å². The standard InChI is InChI=1S/C21H22ClN5O4/c1-4-31-18-8-6-5-7-15(18)24-21(29)20-13(2)27(26-25-20)12-19(28)23-16-11-14(22)9-10-17(16)30-3/h5-11H,4,12H2,1-3H3,(H,23,28)(H,24,29). The molecule has 1 aromatic heterocycles. The van der Waals surface area contributed by atoms with Gasteiger partial charge in [0.2, 0.25) is 5.91 Å². The van der Waals surface area contributed by atoms with Gasteiger partial charge in [-0.25, -0.2) is 4.68 Å². The van der Waals surface area contributed by atoms with Gasteiger partial charge in [0, 0.05) is 5.02 Å². The van der Waals surface area contributed by atoms with Crippen molar-refractivity contribution < 1.29 is 19.1 Å². The number of nitrogens with zero attached hydrogens (tertiary/aromatic N) is 3. The van der Waals surface area contributed by atoms with E-state index in [0.29, 0.717) is 40.2 Å². The summed E-state index contributed by atoms with van der Waals surface area (Å²) < 4.78 is 12.1. The zero-order chi connectivity index (χ0) is 22.4. The number of nitrogens with one attached hydrogen (secondary N) is 2. The van der Waals surface area contributed by atoms with Crippen molar-refractivity contribution >= 4 is 34.8 Å². The molecule has 1 heterocycles. The molecule has 0 aliphatic rings. The van der Waals surface area contributed by atoms with Crippen LogP contribution in [0, 0.1) is 6.92 Å². The third-order valence-corrected chi connectivity index (χ3v) is 4.60. The molecule has 0 bridgehead atoms. The quantitative estimate of drug-likeness (QED) is 0.551. The number of rotatable bonds is 8.